The number of para-hydroxylation sites is 1. The molecule has 0 bridgehead atoms. The van der Waals surface area contributed by atoms with Gasteiger partial charge in [-0.1, -0.05) is 18.2 Å². The van der Waals surface area contributed by atoms with Crippen molar-refractivity contribution in [1.29, 1.82) is 0 Å². The Morgan fingerprint density at radius 3 is 2.13 bits per heavy atom. The highest BCUT2D eigenvalue weighted by Gasteiger charge is 2.31. The van der Waals surface area contributed by atoms with Crippen LogP contribution in [0.2, 0.25) is 0 Å². The van der Waals surface area contributed by atoms with Crippen LogP contribution in [0.3, 0.4) is 0 Å². The Kier molecular flexibility index (Phi) is 11.1. The third kappa shape index (κ3) is 8.77. The molecule has 1 heterocycles. The number of rotatable bonds is 15. The fourth-order valence-corrected chi connectivity index (χ4v) is 3.84. The summed E-state index contributed by atoms with van der Waals surface area (Å²) in [6.45, 7) is 0. The molecule has 0 radical (unpaired) electrons. The quantitative estimate of drug-likeness (QED) is 0.114. The molecular formula is C23H30N6O8S. The van der Waals surface area contributed by atoms with Gasteiger partial charge in [-0.3, -0.25) is 24.0 Å². The minimum absolute atomic E-state index is 0.120. The first-order valence-electron chi connectivity index (χ1n) is 11.5. The van der Waals surface area contributed by atoms with Crippen molar-refractivity contribution < 1.29 is 39.0 Å². The molecule has 4 unspecified atom stereocenters. The summed E-state index contributed by atoms with van der Waals surface area (Å²) < 4.78 is 0. The van der Waals surface area contributed by atoms with Crippen molar-refractivity contribution in [2.24, 2.45) is 11.5 Å². The first kappa shape index (κ1) is 30.1. The summed E-state index contributed by atoms with van der Waals surface area (Å²) >= 11 is 3.99. The summed E-state index contributed by atoms with van der Waals surface area (Å²) in [6.07, 6.45) is 0.325. The minimum Gasteiger partial charge on any atom is -0.481 e. The van der Waals surface area contributed by atoms with Crippen molar-refractivity contribution in [3.8, 4) is 0 Å². The number of carboxylic acid groups (broad SMARTS) is 2. The molecule has 2 aromatic rings. The van der Waals surface area contributed by atoms with Crippen LogP contribution in [0.25, 0.3) is 10.9 Å². The van der Waals surface area contributed by atoms with E-state index in [2.05, 4.69) is 33.6 Å². The number of hydrogen-bond acceptors (Lipinski definition) is 8. The molecule has 0 aliphatic carbocycles. The Labute approximate surface area is 222 Å². The number of aromatic amines is 1. The van der Waals surface area contributed by atoms with E-state index in [4.69, 9.17) is 16.6 Å². The van der Waals surface area contributed by atoms with Gasteiger partial charge in [0.2, 0.25) is 23.6 Å². The first-order chi connectivity index (χ1) is 17.9. The van der Waals surface area contributed by atoms with Crippen molar-refractivity contribution in [3.05, 3.63) is 36.0 Å². The number of fused-ring (bicyclic) bond motifs is 1. The third-order valence-electron chi connectivity index (χ3n) is 5.57. The molecule has 4 amide bonds. The maximum Gasteiger partial charge on any atom is 0.326 e. The van der Waals surface area contributed by atoms with E-state index >= 15 is 0 Å². The second kappa shape index (κ2) is 14.0. The third-order valence-corrected chi connectivity index (χ3v) is 5.93. The fraction of sp³-hybridized carbons (Fsp3) is 0.391. The van der Waals surface area contributed by atoms with Crippen LogP contribution in [0.4, 0.5) is 0 Å². The number of carbonyl (C=O) groups excluding carboxylic acids is 4. The zero-order chi connectivity index (χ0) is 28.4. The second-order valence-corrected chi connectivity index (χ2v) is 8.84. The number of amides is 4. The van der Waals surface area contributed by atoms with E-state index in [9.17, 15) is 33.9 Å². The van der Waals surface area contributed by atoms with Crippen molar-refractivity contribution >= 4 is 59.1 Å². The minimum atomic E-state index is -1.53. The van der Waals surface area contributed by atoms with Crippen LogP contribution in [0.5, 0.6) is 0 Å². The lowest BCUT2D eigenvalue weighted by atomic mass is 10.0. The van der Waals surface area contributed by atoms with Crippen molar-refractivity contribution in [2.75, 3.05) is 5.75 Å². The summed E-state index contributed by atoms with van der Waals surface area (Å²) in [7, 11) is 0. The number of H-pyrrole nitrogens is 1. The van der Waals surface area contributed by atoms with Crippen LogP contribution in [-0.4, -0.2) is 80.7 Å². The summed E-state index contributed by atoms with van der Waals surface area (Å²) in [6, 6.07) is 1.92. The summed E-state index contributed by atoms with van der Waals surface area (Å²) in [5, 5.41) is 25.7. The van der Waals surface area contributed by atoms with Gasteiger partial charge in [0.1, 0.15) is 18.1 Å². The van der Waals surface area contributed by atoms with Gasteiger partial charge in [0.05, 0.1) is 12.5 Å². The molecule has 1 aromatic heterocycles. The number of primary amides is 1. The van der Waals surface area contributed by atoms with E-state index in [1.54, 1.807) is 6.20 Å². The average molecular weight is 551 g/mol. The van der Waals surface area contributed by atoms with Gasteiger partial charge in [0.15, 0.2) is 0 Å². The van der Waals surface area contributed by atoms with Gasteiger partial charge < -0.3 is 42.6 Å². The van der Waals surface area contributed by atoms with E-state index < -0.39 is 79.0 Å². The SMILES string of the molecule is NC(=O)CC(NC(=O)C(N)Cc1c[nH]c2ccccc12)C(=O)NC(CS)C(=O)NC(CCC(=O)O)C(=O)O. The van der Waals surface area contributed by atoms with Crippen LogP contribution in [0.15, 0.2) is 30.5 Å². The molecule has 15 heteroatoms. The number of hydrogen-bond donors (Lipinski definition) is 9. The molecule has 2 rings (SSSR count). The number of nitrogens with one attached hydrogen (secondary N) is 4. The Morgan fingerprint density at radius 2 is 1.53 bits per heavy atom. The van der Waals surface area contributed by atoms with E-state index in [1.807, 2.05) is 24.3 Å². The molecular weight excluding hydrogens is 520 g/mol. The highest BCUT2D eigenvalue weighted by Crippen LogP contribution is 2.18. The lowest BCUT2D eigenvalue weighted by Gasteiger charge is -2.24. The molecule has 0 fully saturated rings. The number of carbonyl (C=O) groups is 6. The van der Waals surface area contributed by atoms with Gasteiger partial charge >= 0.3 is 11.9 Å². The number of benzene rings is 1. The number of thiol groups is 1. The van der Waals surface area contributed by atoms with Crippen LogP contribution in [-0.2, 0) is 35.2 Å². The summed E-state index contributed by atoms with van der Waals surface area (Å²) in [5.74, 6) is -6.57. The molecule has 0 aliphatic rings. The number of aliphatic carboxylic acids is 2. The monoisotopic (exact) mass is 550 g/mol. The number of aromatic nitrogens is 1. The summed E-state index contributed by atoms with van der Waals surface area (Å²) in [4.78, 5) is 74.9. The lowest BCUT2D eigenvalue weighted by Crippen LogP contribution is -2.58. The van der Waals surface area contributed by atoms with E-state index in [0.29, 0.717) is 0 Å². The molecule has 1 aromatic carbocycles. The molecule has 38 heavy (non-hydrogen) atoms. The first-order valence-corrected chi connectivity index (χ1v) is 12.1. The fourth-order valence-electron chi connectivity index (χ4n) is 3.58. The van der Waals surface area contributed by atoms with Crippen LogP contribution in [0.1, 0.15) is 24.8 Å². The lowest BCUT2D eigenvalue weighted by molar-refractivity contribution is -0.143. The molecule has 0 saturated heterocycles. The van der Waals surface area contributed by atoms with Crippen molar-refractivity contribution in [2.45, 2.75) is 49.9 Å². The highest BCUT2D eigenvalue weighted by molar-refractivity contribution is 7.80. The molecule has 0 spiro atoms. The van der Waals surface area contributed by atoms with E-state index in [0.717, 1.165) is 16.5 Å². The molecule has 14 nitrogen and oxygen atoms in total. The second-order valence-electron chi connectivity index (χ2n) is 8.48. The maximum absolute atomic E-state index is 12.8. The topological polar surface area (TPSA) is 247 Å². The van der Waals surface area contributed by atoms with Gasteiger partial charge in [-0.25, -0.2) is 4.79 Å². The molecule has 4 atom stereocenters. The largest absolute Gasteiger partial charge is 0.481 e. The maximum atomic E-state index is 12.8. The molecule has 0 saturated carbocycles. The predicted molar refractivity (Wildman–Crippen MR) is 138 cm³/mol. The van der Waals surface area contributed by atoms with Gasteiger partial charge in [-0.2, -0.15) is 12.6 Å². The molecule has 206 valence electrons. The smallest absolute Gasteiger partial charge is 0.326 e. The predicted octanol–water partition coefficient (Wildman–Crippen LogP) is -1.75. The van der Waals surface area contributed by atoms with Crippen molar-refractivity contribution in [1.82, 2.24) is 20.9 Å². The van der Waals surface area contributed by atoms with E-state index in [-0.39, 0.29) is 12.2 Å². The Morgan fingerprint density at radius 1 is 0.921 bits per heavy atom. The van der Waals surface area contributed by atoms with Gasteiger partial charge in [0.25, 0.3) is 0 Å². The zero-order valence-corrected chi connectivity index (χ0v) is 21.1. The highest BCUT2D eigenvalue weighted by atomic mass is 32.1. The van der Waals surface area contributed by atoms with Crippen molar-refractivity contribution in [3.63, 3.8) is 0 Å². The van der Waals surface area contributed by atoms with Gasteiger partial charge in [0, 0.05) is 29.3 Å². The normalized spacial score (nSPS) is 14.1. The Balaban J connectivity index is 2.06. The summed E-state index contributed by atoms with van der Waals surface area (Å²) in [5.41, 5.74) is 12.9. The van der Waals surface area contributed by atoms with Crippen LogP contribution < -0.4 is 27.4 Å². The van der Waals surface area contributed by atoms with Gasteiger partial charge in [-0.15, -0.1) is 0 Å². The molecule has 10 N–H and O–H groups in total. The average Bonchev–Trinajstić information content (AvgIpc) is 3.26. The Hall–Kier alpha value is -4.11. The number of nitrogens with two attached hydrogens (primary N) is 2. The van der Waals surface area contributed by atoms with Gasteiger partial charge in [-0.05, 0) is 24.5 Å². The Bertz CT molecular complexity index is 1200. The standard InChI is InChI=1S/C23H30N6O8S/c24-13(7-11-9-26-14-4-2-1-3-12(11)14)20(33)28-16(8-18(25)30)21(34)29-17(10-38)22(35)27-15(23(36)37)5-6-19(31)32/h1-4,9,13,15-17,26,38H,5-8,10,24H2,(H2,25,30)(H,27,35)(H,28,33)(H,29,34)(H,31,32)(H,36,37). The number of carboxylic acids is 2. The zero-order valence-electron chi connectivity index (χ0n) is 20.2. The van der Waals surface area contributed by atoms with Crippen LogP contribution in [0, 0.1) is 0 Å². The van der Waals surface area contributed by atoms with E-state index in [1.165, 1.54) is 0 Å². The van der Waals surface area contributed by atoms with Crippen LogP contribution >= 0.6 is 12.6 Å². The molecule has 0 aliphatic heterocycles.